The number of halogens is 1. The van der Waals surface area contributed by atoms with Crippen LogP contribution in [0.3, 0.4) is 0 Å². The van der Waals surface area contributed by atoms with Crippen molar-refractivity contribution in [3.05, 3.63) is 174 Å². The Morgan fingerprint density at radius 3 is 2.07 bits per heavy atom. The molecule has 4 aromatic carbocycles. The maximum atomic E-state index is 15.7. The Hall–Kier alpha value is -8.31. The van der Waals surface area contributed by atoms with Gasteiger partial charge in [-0.15, -0.1) is 0 Å². The molecule has 10 rings (SSSR count). The number of furan rings is 1. The number of hydrogen-bond donors (Lipinski definition) is 2. The van der Waals surface area contributed by atoms with E-state index in [0.29, 0.717) is 68.9 Å². The van der Waals surface area contributed by atoms with E-state index in [-0.39, 0.29) is 47.2 Å². The lowest BCUT2D eigenvalue weighted by Crippen LogP contribution is -2.54. The van der Waals surface area contributed by atoms with E-state index in [1.54, 1.807) is 59.6 Å². The maximum absolute atomic E-state index is 15.7. The first-order valence-corrected chi connectivity index (χ1v) is 24.1. The molecular weight excluding hydrogens is 920 g/mol. The summed E-state index contributed by atoms with van der Waals surface area (Å²) in [6.45, 7) is 3.82. The van der Waals surface area contributed by atoms with Gasteiger partial charge in [0.1, 0.15) is 23.9 Å². The molecule has 1 unspecified atom stereocenters. The quantitative estimate of drug-likeness (QED) is 0.126. The summed E-state index contributed by atoms with van der Waals surface area (Å²) in [6, 6.07) is 31.7. The number of nitrogens with one attached hydrogen (secondary N) is 2. The molecule has 17 heteroatoms. The Labute approximate surface area is 414 Å². The number of fused-ring (bicyclic) bond motifs is 1. The number of hydrogen-bond acceptors (Lipinski definition) is 11. The topological polar surface area (TPSA) is 186 Å². The maximum Gasteiger partial charge on any atom is 0.294 e. The average Bonchev–Trinajstić information content (AvgIpc) is 4.04. The van der Waals surface area contributed by atoms with Crippen LogP contribution in [0.15, 0.2) is 144 Å². The van der Waals surface area contributed by atoms with Crippen LogP contribution in [0.5, 0.6) is 0 Å². The van der Waals surface area contributed by atoms with Crippen LogP contribution >= 0.6 is 0 Å². The van der Waals surface area contributed by atoms with Gasteiger partial charge in [-0.3, -0.25) is 58.6 Å². The number of nitrogens with zero attached hydrogens (tertiary/aromatic N) is 6. The predicted molar refractivity (Wildman–Crippen MR) is 263 cm³/mol. The van der Waals surface area contributed by atoms with Gasteiger partial charge in [-0.25, -0.2) is 4.39 Å². The van der Waals surface area contributed by atoms with Crippen LogP contribution in [0.1, 0.15) is 80.2 Å². The number of carbonyl (C=O) groups excluding carboxylic acids is 7. The Balaban J connectivity index is 0.808. The van der Waals surface area contributed by atoms with E-state index in [0.717, 1.165) is 28.6 Å². The van der Waals surface area contributed by atoms with Crippen LogP contribution in [0, 0.1) is 11.7 Å². The molecule has 366 valence electrons. The largest absolute Gasteiger partial charge is 0.459 e. The molecule has 3 fully saturated rings. The molecule has 6 aromatic rings. The van der Waals surface area contributed by atoms with Crippen molar-refractivity contribution in [2.45, 2.75) is 43.8 Å². The number of imide groups is 2. The van der Waals surface area contributed by atoms with Gasteiger partial charge in [0.25, 0.3) is 17.7 Å². The second-order valence-corrected chi connectivity index (χ2v) is 18.5. The molecule has 4 aliphatic heterocycles. The number of rotatable bonds is 13. The van der Waals surface area contributed by atoms with Crippen molar-refractivity contribution in [3.63, 3.8) is 0 Å². The number of benzene rings is 4. The highest BCUT2D eigenvalue weighted by Gasteiger charge is 2.46. The van der Waals surface area contributed by atoms with Gasteiger partial charge in [-0.1, -0.05) is 78.9 Å². The van der Waals surface area contributed by atoms with Crippen molar-refractivity contribution < 1.29 is 42.4 Å². The van der Waals surface area contributed by atoms with E-state index in [1.807, 2.05) is 65.6 Å². The molecule has 0 saturated carbocycles. The third kappa shape index (κ3) is 9.62. The minimum atomic E-state index is -1.27. The smallest absolute Gasteiger partial charge is 0.294 e. The molecule has 3 atom stereocenters. The first-order chi connectivity index (χ1) is 35.0. The molecule has 16 nitrogen and oxygen atoms in total. The summed E-state index contributed by atoms with van der Waals surface area (Å²) >= 11 is 0. The van der Waals surface area contributed by atoms with Crippen LogP contribution in [0.4, 0.5) is 15.8 Å². The summed E-state index contributed by atoms with van der Waals surface area (Å²) in [4.78, 5) is 108. The molecule has 2 aromatic heterocycles. The predicted octanol–water partition coefficient (Wildman–Crippen LogP) is 6.19. The molecule has 7 amide bonds. The van der Waals surface area contributed by atoms with E-state index in [4.69, 9.17) is 4.42 Å². The van der Waals surface area contributed by atoms with Crippen LogP contribution in [-0.4, -0.2) is 113 Å². The normalized spacial score (nSPS) is 18.3. The van der Waals surface area contributed by atoms with Crippen molar-refractivity contribution in [3.8, 4) is 11.1 Å². The minimum absolute atomic E-state index is 0.00695. The number of pyridine rings is 1. The molecule has 72 heavy (non-hydrogen) atoms. The number of aromatic nitrogens is 1. The zero-order chi connectivity index (χ0) is 49.9. The third-order valence-corrected chi connectivity index (χ3v) is 14.0. The van der Waals surface area contributed by atoms with Crippen LogP contribution < -0.4 is 20.4 Å². The zero-order valence-corrected chi connectivity index (χ0v) is 39.2. The van der Waals surface area contributed by atoms with Crippen molar-refractivity contribution in [1.82, 2.24) is 30.3 Å². The van der Waals surface area contributed by atoms with E-state index in [1.165, 1.54) is 23.4 Å². The molecule has 2 N–H and O–H groups in total. The van der Waals surface area contributed by atoms with E-state index >= 15 is 9.18 Å². The summed E-state index contributed by atoms with van der Waals surface area (Å²) in [6.07, 6.45) is 5.93. The van der Waals surface area contributed by atoms with E-state index in [2.05, 4.69) is 20.5 Å². The summed E-state index contributed by atoms with van der Waals surface area (Å²) < 4.78 is 21.3. The molecule has 0 spiro atoms. The Morgan fingerprint density at radius 2 is 1.42 bits per heavy atom. The summed E-state index contributed by atoms with van der Waals surface area (Å²) in [5.41, 5.74) is 3.45. The molecule has 0 aliphatic carbocycles. The number of piperidine rings is 2. The van der Waals surface area contributed by atoms with Gasteiger partial charge in [0.05, 0.1) is 23.1 Å². The minimum Gasteiger partial charge on any atom is -0.459 e. The van der Waals surface area contributed by atoms with Gasteiger partial charge >= 0.3 is 0 Å². The second kappa shape index (κ2) is 20.6. The standard InChI is InChI=1S/C55H51FN8O8/c56-43-31-41-42(53(69)64(52(41)68)44-19-20-47(65)58-50(44)66)32-45(43)61-28-26-60(27-29-61)34-35-21-24-62(25-22-35)55(71)48(38-11-5-2-6-12-38)59-51(67)49(39-13-7-23-57-33-39)63(54(70)46-14-8-30-72-46)40-17-15-37(16-18-40)36-9-3-1-4-10-36/h1-18,23,30-33,35,44,48-49H,19-22,24-29,34H2,(H,59,67)(H,58,65,66)/t44?,48-,49-/m1/s1. The summed E-state index contributed by atoms with van der Waals surface area (Å²) in [5.74, 6) is -4.45. The third-order valence-electron chi connectivity index (χ3n) is 14.0. The van der Waals surface area contributed by atoms with Crippen molar-refractivity contribution >= 4 is 52.7 Å². The monoisotopic (exact) mass is 970 g/mol. The number of amides is 7. The van der Waals surface area contributed by atoms with E-state index in [9.17, 15) is 28.8 Å². The highest BCUT2D eigenvalue weighted by atomic mass is 19.1. The highest BCUT2D eigenvalue weighted by molar-refractivity contribution is 6.24. The SMILES string of the molecule is O=C1CCC(N2C(=O)c3cc(F)c(N4CCN(CC5CCN(C(=O)[C@H](NC(=O)[C@@H](c6cccnc6)N(C(=O)c6ccco6)c6ccc(-c7ccccc7)cc6)c6ccccc6)CC5)CC4)cc3C2=O)C(=O)N1. The van der Waals surface area contributed by atoms with Crippen LogP contribution in [0.2, 0.25) is 0 Å². The summed E-state index contributed by atoms with van der Waals surface area (Å²) in [7, 11) is 0. The van der Waals surface area contributed by atoms with Crippen molar-refractivity contribution in [2.75, 3.05) is 55.6 Å². The highest BCUT2D eigenvalue weighted by Crippen LogP contribution is 2.35. The van der Waals surface area contributed by atoms with Crippen molar-refractivity contribution in [2.24, 2.45) is 5.92 Å². The van der Waals surface area contributed by atoms with Crippen LogP contribution in [-0.2, 0) is 19.2 Å². The molecule has 4 aliphatic rings. The number of likely N-dealkylation sites (tertiary alicyclic amines) is 1. The Bertz CT molecular complexity index is 3000. The lowest BCUT2D eigenvalue weighted by Gasteiger charge is -2.40. The summed E-state index contributed by atoms with van der Waals surface area (Å²) in [5, 5.41) is 5.24. The van der Waals surface area contributed by atoms with Gasteiger partial charge in [-0.2, -0.15) is 0 Å². The van der Waals surface area contributed by atoms with Gasteiger partial charge in [0, 0.05) is 75.9 Å². The molecule has 6 heterocycles. The molecule has 3 saturated heterocycles. The second-order valence-electron chi connectivity index (χ2n) is 18.5. The zero-order valence-electron chi connectivity index (χ0n) is 39.2. The number of piperazine rings is 1. The Morgan fingerprint density at radius 1 is 0.750 bits per heavy atom. The molecular formula is C55H51FN8O8. The van der Waals surface area contributed by atoms with Gasteiger partial charge in [-0.05, 0) is 84.3 Å². The molecule has 0 radical (unpaired) electrons. The van der Waals surface area contributed by atoms with Gasteiger partial charge in [0.2, 0.25) is 23.6 Å². The van der Waals surface area contributed by atoms with Crippen LogP contribution in [0.25, 0.3) is 11.1 Å². The first kappa shape index (κ1) is 47.4. The lowest BCUT2D eigenvalue weighted by molar-refractivity contribution is -0.138. The molecule has 0 bridgehead atoms. The van der Waals surface area contributed by atoms with E-state index < -0.39 is 59.4 Å². The Kier molecular flexibility index (Phi) is 13.5. The fourth-order valence-electron chi connectivity index (χ4n) is 10.2. The number of anilines is 2. The fourth-order valence-corrected chi connectivity index (χ4v) is 10.2. The average molecular weight is 971 g/mol. The first-order valence-electron chi connectivity index (χ1n) is 24.1. The van der Waals surface area contributed by atoms with Crippen molar-refractivity contribution in [1.29, 1.82) is 0 Å². The fraction of sp³-hybridized carbons (Fsp3) is 0.273. The number of carbonyl (C=O) groups is 7. The lowest BCUT2D eigenvalue weighted by atomic mass is 9.94. The van der Waals surface area contributed by atoms with Gasteiger partial charge in [0.15, 0.2) is 5.76 Å². The van der Waals surface area contributed by atoms with Gasteiger partial charge < -0.3 is 19.5 Å².